The zero-order valence-electron chi connectivity index (χ0n) is 17.0. The number of nitrogens with zero attached hydrogens (tertiary/aromatic N) is 3. The molecule has 2 unspecified atom stereocenters. The van der Waals surface area contributed by atoms with E-state index in [1.807, 2.05) is 18.3 Å². The molecule has 8 nitrogen and oxygen atoms in total. The SMILES string of the molecule is CN/C(Cl)=C(\C=N)Nc1ncc(C)c(C2=CC3CCC(C2)N3C(=O)NCC(F)(F)F)n1. The highest BCUT2D eigenvalue weighted by molar-refractivity contribution is 6.31. The molecule has 31 heavy (non-hydrogen) atoms. The van der Waals surface area contributed by atoms with Crippen molar-refractivity contribution in [2.45, 2.75) is 44.4 Å². The third-order valence-corrected chi connectivity index (χ3v) is 5.59. The van der Waals surface area contributed by atoms with E-state index in [-0.39, 0.29) is 23.2 Å². The van der Waals surface area contributed by atoms with Crippen molar-refractivity contribution in [1.82, 2.24) is 25.5 Å². The fourth-order valence-corrected chi connectivity index (χ4v) is 3.93. The average Bonchev–Trinajstić information content (AvgIpc) is 2.99. The van der Waals surface area contributed by atoms with Crippen LogP contribution in [-0.2, 0) is 0 Å². The van der Waals surface area contributed by atoms with Crippen molar-refractivity contribution < 1.29 is 18.0 Å². The Balaban J connectivity index is 1.81. The average molecular weight is 458 g/mol. The minimum Gasteiger partial charge on any atom is -0.377 e. The summed E-state index contributed by atoms with van der Waals surface area (Å²) in [5.74, 6) is 0.256. The fraction of sp³-hybridized carbons (Fsp3) is 0.474. The fourth-order valence-electron chi connectivity index (χ4n) is 3.83. The number of anilines is 1. The lowest BCUT2D eigenvalue weighted by atomic mass is 9.96. The first kappa shape index (κ1) is 22.9. The van der Waals surface area contributed by atoms with Crippen LogP contribution in [-0.4, -0.2) is 59.0 Å². The first-order chi connectivity index (χ1) is 14.6. The molecule has 2 atom stereocenters. The Morgan fingerprint density at radius 3 is 2.77 bits per heavy atom. The predicted molar refractivity (Wildman–Crippen MR) is 112 cm³/mol. The number of aryl methyl sites for hydroxylation is 1. The molecule has 2 aliphatic rings. The van der Waals surface area contributed by atoms with Gasteiger partial charge in [-0.15, -0.1) is 0 Å². The van der Waals surface area contributed by atoms with Crippen molar-refractivity contribution in [2.75, 3.05) is 18.9 Å². The van der Waals surface area contributed by atoms with E-state index >= 15 is 0 Å². The quantitative estimate of drug-likeness (QED) is 0.387. The number of hydrogen-bond acceptors (Lipinski definition) is 6. The number of amides is 2. The Kier molecular flexibility index (Phi) is 6.73. The molecule has 0 aliphatic carbocycles. The summed E-state index contributed by atoms with van der Waals surface area (Å²) in [6.07, 6.45) is 2.00. The molecule has 0 aromatic carbocycles. The van der Waals surface area contributed by atoms with Crippen LogP contribution in [0.1, 0.15) is 30.5 Å². The van der Waals surface area contributed by atoms with Gasteiger partial charge in [-0.25, -0.2) is 14.8 Å². The topological polar surface area (TPSA) is 106 Å². The summed E-state index contributed by atoms with van der Waals surface area (Å²) in [5.41, 5.74) is 2.72. The molecule has 1 saturated heterocycles. The van der Waals surface area contributed by atoms with Crippen LogP contribution >= 0.6 is 11.6 Å². The summed E-state index contributed by atoms with van der Waals surface area (Å²) in [6, 6.07) is -1.19. The smallest absolute Gasteiger partial charge is 0.377 e. The van der Waals surface area contributed by atoms with E-state index in [1.54, 1.807) is 13.2 Å². The van der Waals surface area contributed by atoms with Crippen molar-refractivity contribution in [2.24, 2.45) is 0 Å². The summed E-state index contributed by atoms with van der Waals surface area (Å²) in [5, 5.41) is 15.3. The van der Waals surface area contributed by atoms with Gasteiger partial charge in [0.25, 0.3) is 0 Å². The Bertz CT molecular complexity index is 932. The Labute approximate surface area is 182 Å². The van der Waals surface area contributed by atoms with E-state index in [1.165, 1.54) is 4.90 Å². The normalized spacial score (nSPS) is 21.2. The lowest BCUT2D eigenvalue weighted by Gasteiger charge is -2.34. The van der Waals surface area contributed by atoms with Gasteiger partial charge in [-0.3, -0.25) is 0 Å². The van der Waals surface area contributed by atoms with Crippen molar-refractivity contribution in [3.05, 3.63) is 34.4 Å². The highest BCUT2D eigenvalue weighted by Gasteiger charge is 2.41. The number of halogens is 4. The van der Waals surface area contributed by atoms with E-state index in [2.05, 4.69) is 20.6 Å². The van der Waals surface area contributed by atoms with Crippen LogP contribution in [0, 0.1) is 12.3 Å². The number of hydrogen-bond donors (Lipinski definition) is 4. The maximum atomic E-state index is 12.5. The molecule has 12 heteroatoms. The van der Waals surface area contributed by atoms with Gasteiger partial charge in [0, 0.05) is 25.5 Å². The number of carbonyl (C=O) groups is 1. The van der Waals surface area contributed by atoms with Gasteiger partial charge >= 0.3 is 12.2 Å². The summed E-state index contributed by atoms with van der Waals surface area (Å²) in [7, 11) is 1.62. The molecule has 1 aromatic heterocycles. The van der Waals surface area contributed by atoms with E-state index in [9.17, 15) is 18.0 Å². The second-order valence-electron chi connectivity index (χ2n) is 7.35. The second kappa shape index (κ2) is 9.13. The molecule has 3 heterocycles. The van der Waals surface area contributed by atoms with E-state index in [4.69, 9.17) is 17.0 Å². The molecule has 0 radical (unpaired) electrons. The number of carbonyl (C=O) groups excluding carboxylic acids is 1. The molecule has 1 aromatic rings. The third kappa shape index (κ3) is 5.27. The summed E-state index contributed by atoms with van der Waals surface area (Å²) >= 11 is 6.02. The summed E-state index contributed by atoms with van der Waals surface area (Å²) in [4.78, 5) is 22.6. The zero-order chi connectivity index (χ0) is 22.8. The molecule has 2 aliphatic heterocycles. The lowest BCUT2D eigenvalue weighted by Crippen LogP contribution is -2.50. The Hall–Kier alpha value is -2.82. The number of aromatic nitrogens is 2. The molecular weight excluding hydrogens is 435 g/mol. The predicted octanol–water partition coefficient (Wildman–Crippen LogP) is 3.37. The van der Waals surface area contributed by atoms with Gasteiger partial charge in [-0.1, -0.05) is 17.7 Å². The van der Waals surface area contributed by atoms with Crippen LogP contribution < -0.4 is 16.0 Å². The van der Waals surface area contributed by atoms with E-state index < -0.39 is 18.8 Å². The van der Waals surface area contributed by atoms with Gasteiger partial charge in [0.05, 0.1) is 17.4 Å². The molecule has 0 saturated carbocycles. The first-order valence-corrected chi connectivity index (χ1v) is 10.0. The molecule has 2 amide bonds. The molecule has 0 spiro atoms. The molecule has 3 rings (SSSR count). The van der Waals surface area contributed by atoms with Crippen LogP contribution in [0.2, 0.25) is 0 Å². The number of urea groups is 1. The first-order valence-electron chi connectivity index (χ1n) is 9.65. The number of fused-ring (bicyclic) bond motifs is 2. The number of nitrogens with one attached hydrogen (secondary N) is 4. The Morgan fingerprint density at radius 1 is 1.42 bits per heavy atom. The molecule has 4 N–H and O–H groups in total. The van der Waals surface area contributed by atoms with Crippen LogP contribution in [0.25, 0.3) is 5.57 Å². The van der Waals surface area contributed by atoms with Gasteiger partial charge in [0.1, 0.15) is 11.7 Å². The van der Waals surface area contributed by atoms with Crippen LogP contribution in [0.5, 0.6) is 0 Å². The maximum absolute atomic E-state index is 12.5. The Morgan fingerprint density at radius 2 is 2.16 bits per heavy atom. The van der Waals surface area contributed by atoms with Crippen molar-refractivity contribution >= 4 is 35.4 Å². The summed E-state index contributed by atoms with van der Waals surface area (Å²) < 4.78 is 37.4. The largest absolute Gasteiger partial charge is 0.405 e. The van der Waals surface area contributed by atoms with E-state index in [0.29, 0.717) is 30.7 Å². The zero-order valence-corrected chi connectivity index (χ0v) is 17.7. The molecule has 2 bridgehead atoms. The minimum absolute atomic E-state index is 0.195. The van der Waals surface area contributed by atoms with Gasteiger partial charge in [0.15, 0.2) is 0 Å². The number of alkyl halides is 3. The monoisotopic (exact) mass is 457 g/mol. The summed E-state index contributed by atoms with van der Waals surface area (Å²) in [6.45, 7) is 0.509. The molecular formula is C19H23ClF3N7O. The lowest BCUT2D eigenvalue weighted by molar-refractivity contribution is -0.123. The molecule has 168 valence electrons. The number of allylic oxidation sites excluding steroid dienone is 1. The highest BCUT2D eigenvalue weighted by atomic mass is 35.5. The van der Waals surface area contributed by atoms with Crippen molar-refractivity contribution in [1.29, 1.82) is 5.41 Å². The van der Waals surface area contributed by atoms with Crippen LogP contribution in [0.4, 0.5) is 23.9 Å². The van der Waals surface area contributed by atoms with E-state index in [0.717, 1.165) is 17.4 Å². The van der Waals surface area contributed by atoms with Crippen LogP contribution in [0.15, 0.2) is 23.1 Å². The van der Waals surface area contributed by atoms with Gasteiger partial charge in [-0.05, 0) is 37.3 Å². The van der Waals surface area contributed by atoms with Crippen LogP contribution in [0.3, 0.4) is 0 Å². The van der Waals surface area contributed by atoms with Gasteiger partial charge < -0.3 is 26.3 Å². The third-order valence-electron chi connectivity index (χ3n) is 5.19. The number of rotatable bonds is 6. The van der Waals surface area contributed by atoms with Crippen molar-refractivity contribution in [3.63, 3.8) is 0 Å². The maximum Gasteiger partial charge on any atom is 0.405 e. The van der Waals surface area contributed by atoms with Gasteiger partial charge in [0.2, 0.25) is 5.95 Å². The molecule has 1 fully saturated rings. The van der Waals surface area contributed by atoms with Crippen molar-refractivity contribution in [3.8, 4) is 0 Å². The second-order valence-corrected chi connectivity index (χ2v) is 7.73. The minimum atomic E-state index is -4.45. The highest BCUT2D eigenvalue weighted by Crippen LogP contribution is 2.39. The van der Waals surface area contributed by atoms with Gasteiger partial charge in [-0.2, -0.15) is 13.2 Å². The standard InChI is InChI=1S/C19H23ClF3N7O/c1-10-8-26-17(28-14(7-24)16(20)25-2)29-15(10)11-5-12-3-4-13(6-11)30(12)18(31)27-9-19(21,22)23/h5,7-8,12-13,24-25H,3-4,6,9H2,1-2H3,(H,27,31)(H,26,28,29)/b16-14+,24-7?.